The Labute approximate surface area is 112 Å². The second-order valence-electron chi connectivity index (χ2n) is 4.75. The number of furan rings is 1. The molecule has 0 bridgehead atoms. The standard InChI is InChI=1S/C15H19FN2O/c1-11-5-6-12(8-14(11)16)15(9-17)18(2)10-13-4-3-7-19-13/h3-8,15H,9-10,17H2,1-2H3. The van der Waals surface area contributed by atoms with Gasteiger partial charge in [0, 0.05) is 12.6 Å². The van der Waals surface area contributed by atoms with E-state index >= 15 is 0 Å². The molecule has 1 atom stereocenters. The molecule has 0 aliphatic carbocycles. The molecule has 1 unspecified atom stereocenters. The average molecular weight is 262 g/mol. The van der Waals surface area contributed by atoms with Gasteiger partial charge in [-0.3, -0.25) is 4.90 Å². The first-order valence-electron chi connectivity index (χ1n) is 6.30. The van der Waals surface area contributed by atoms with Gasteiger partial charge in [-0.25, -0.2) is 4.39 Å². The molecule has 1 aromatic heterocycles. The largest absolute Gasteiger partial charge is 0.468 e. The van der Waals surface area contributed by atoms with Crippen molar-refractivity contribution in [3.8, 4) is 0 Å². The molecule has 1 heterocycles. The van der Waals surface area contributed by atoms with E-state index in [1.165, 1.54) is 0 Å². The minimum atomic E-state index is -0.192. The van der Waals surface area contributed by atoms with Crippen LogP contribution in [-0.4, -0.2) is 18.5 Å². The Morgan fingerprint density at radius 3 is 2.74 bits per heavy atom. The lowest BCUT2D eigenvalue weighted by Gasteiger charge is -2.26. The molecule has 2 aromatic rings. The van der Waals surface area contributed by atoms with E-state index in [2.05, 4.69) is 4.90 Å². The number of nitrogens with zero attached hydrogens (tertiary/aromatic N) is 1. The van der Waals surface area contributed by atoms with E-state index in [-0.39, 0.29) is 11.9 Å². The van der Waals surface area contributed by atoms with E-state index in [1.54, 1.807) is 25.3 Å². The van der Waals surface area contributed by atoms with Crippen molar-refractivity contribution in [2.45, 2.75) is 19.5 Å². The van der Waals surface area contributed by atoms with Gasteiger partial charge in [0.15, 0.2) is 0 Å². The molecule has 0 spiro atoms. The molecular formula is C15H19FN2O. The third-order valence-corrected chi connectivity index (χ3v) is 3.32. The fraction of sp³-hybridized carbons (Fsp3) is 0.333. The molecule has 102 valence electrons. The second kappa shape index (κ2) is 5.99. The van der Waals surface area contributed by atoms with Crippen molar-refractivity contribution < 1.29 is 8.81 Å². The Morgan fingerprint density at radius 2 is 2.16 bits per heavy atom. The molecule has 0 amide bonds. The Morgan fingerprint density at radius 1 is 1.37 bits per heavy atom. The molecule has 0 fully saturated rings. The maximum Gasteiger partial charge on any atom is 0.126 e. The topological polar surface area (TPSA) is 42.4 Å². The predicted molar refractivity (Wildman–Crippen MR) is 73.1 cm³/mol. The van der Waals surface area contributed by atoms with Gasteiger partial charge >= 0.3 is 0 Å². The maximum absolute atomic E-state index is 13.6. The molecule has 0 aliphatic heterocycles. The van der Waals surface area contributed by atoms with Crippen LogP contribution in [0.15, 0.2) is 41.0 Å². The van der Waals surface area contributed by atoms with Crippen molar-refractivity contribution in [3.63, 3.8) is 0 Å². The van der Waals surface area contributed by atoms with Crippen LogP contribution in [0, 0.1) is 12.7 Å². The summed E-state index contributed by atoms with van der Waals surface area (Å²) < 4.78 is 19.0. The summed E-state index contributed by atoms with van der Waals surface area (Å²) >= 11 is 0. The van der Waals surface area contributed by atoms with Gasteiger partial charge in [0.2, 0.25) is 0 Å². The summed E-state index contributed by atoms with van der Waals surface area (Å²) in [4.78, 5) is 2.06. The molecule has 0 saturated heterocycles. The molecular weight excluding hydrogens is 243 g/mol. The van der Waals surface area contributed by atoms with E-state index in [1.807, 2.05) is 25.2 Å². The van der Waals surface area contributed by atoms with Crippen LogP contribution in [0.3, 0.4) is 0 Å². The molecule has 2 rings (SSSR count). The van der Waals surface area contributed by atoms with Crippen LogP contribution in [0.2, 0.25) is 0 Å². The van der Waals surface area contributed by atoms with Crippen molar-refractivity contribution in [2.24, 2.45) is 5.73 Å². The third-order valence-electron chi connectivity index (χ3n) is 3.32. The number of benzene rings is 1. The first-order valence-corrected chi connectivity index (χ1v) is 6.30. The Balaban J connectivity index is 2.16. The summed E-state index contributed by atoms with van der Waals surface area (Å²) in [6.07, 6.45) is 1.65. The number of rotatable bonds is 5. The monoisotopic (exact) mass is 262 g/mol. The highest BCUT2D eigenvalue weighted by atomic mass is 19.1. The number of hydrogen-bond acceptors (Lipinski definition) is 3. The normalized spacial score (nSPS) is 12.9. The van der Waals surface area contributed by atoms with Crippen molar-refractivity contribution >= 4 is 0 Å². The molecule has 2 N–H and O–H groups in total. The number of hydrogen-bond donors (Lipinski definition) is 1. The first kappa shape index (κ1) is 13.8. The average Bonchev–Trinajstić information content (AvgIpc) is 2.87. The highest BCUT2D eigenvalue weighted by Crippen LogP contribution is 2.22. The minimum Gasteiger partial charge on any atom is -0.468 e. The van der Waals surface area contributed by atoms with Crippen LogP contribution < -0.4 is 5.73 Å². The first-order chi connectivity index (χ1) is 9.11. The zero-order chi connectivity index (χ0) is 13.8. The highest BCUT2D eigenvalue weighted by molar-refractivity contribution is 5.26. The van der Waals surface area contributed by atoms with Gasteiger partial charge in [-0.15, -0.1) is 0 Å². The summed E-state index contributed by atoms with van der Waals surface area (Å²) in [6.45, 7) is 2.83. The molecule has 19 heavy (non-hydrogen) atoms. The van der Waals surface area contributed by atoms with Crippen molar-refractivity contribution in [1.29, 1.82) is 0 Å². The van der Waals surface area contributed by atoms with E-state index in [0.717, 1.165) is 11.3 Å². The van der Waals surface area contributed by atoms with Crippen molar-refractivity contribution in [1.82, 2.24) is 4.90 Å². The third kappa shape index (κ3) is 3.22. The smallest absolute Gasteiger partial charge is 0.126 e. The lowest BCUT2D eigenvalue weighted by Crippen LogP contribution is -2.30. The summed E-state index contributed by atoms with van der Waals surface area (Å²) in [6, 6.07) is 9.01. The van der Waals surface area contributed by atoms with Gasteiger partial charge in [0.1, 0.15) is 11.6 Å². The molecule has 0 aliphatic rings. The lowest BCUT2D eigenvalue weighted by atomic mass is 10.0. The van der Waals surface area contributed by atoms with Crippen LogP contribution in [0.4, 0.5) is 4.39 Å². The highest BCUT2D eigenvalue weighted by Gasteiger charge is 2.17. The number of likely N-dealkylation sites (N-methyl/N-ethyl adjacent to an activating group) is 1. The quantitative estimate of drug-likeness (QED) is 0.901. The number of aryl methyl sites for hydroxylation is 1. The molecule has 3 nitrogen and oxygen atoms in total. The minimum absolute atomic E-state index is 0.0276. The Hall–Kier alpha value is -1.65. The Bertz CT molecular complexity index is 525. The molecule has 0 radical (unpaired) electrons. The van der Waals surface area contributed by atoms with Gasteiger partial charge in [0.25, 0.3) is 0 Å². The van der Waals surface area contributed by atoms with Crippen LogP contribution in [-0.2, 0) is 6.54 Å². The zero-order valence-electron chi connectivity index (χ0n) is 11.3. The van der Waals surface area contributed by atoms with Gasteiger partial charge in [-0.05, 0) is 43.3 Å². The molecule has 0 saturated carbocycles. The molecule has 1 aromatic carbocycles. The predicted octanol–water partition coefficient (Wildman–Crippen LogP) is 2.86. The van der Waals surface area contributed by atoms with Crippen LogP contribution in [0.1, 0.15) is 22.9 Å². The van der Waals surface area contributed by atoms with E-state index < -0.39 is 0 Å². The summed E-state index contributed by atoms with van der Waals surface area (Å²) in [5.41, 5.74) is 7.36. The van der Waals surface area contributed by atoms with Crippen LogP contribution in [0.5, 0.6) is 0 Å². The van der Waals surface area contributed by atoms with E-state index in [0.29, 0.717) is 18.7 Å². The second-order valence-corrected chi connectivity index (χ2v) is 4.75. The summed E-state index contributed by atoms with van der Waals surface area (Å²) in [5.74, 6) is 0.677. The fourth-order valence-corrected chi connectivity index (χ4v) is 2.15. The SMILES string of the molecule is Cc1ccc(C(CN)N(C)Cc2ccco2)cc1F. The van der Waals surface area contributed by atoms with E-state index in [4.69, 9.17) is 10.2 Å². The molecule has 4 heteroatoms. The maximum atomic E-state index is 13.6. The number of nitrogens with two attached hydrogens (primary N) is 1. The fourth-order valence-electron chi connectivity index (χ4n) is 2.15. The van der Waals surface area contributed by atoms with Gasteiger partial charge in [0.05, 0.1) is 12.8 Å². The summed E-state index contributed by atoms with van der Waals surface area (Å²) in [5, 5.41) is 0. The van der Waals surface area contributed by atoms with Gasteiger partial charge < -0.3 is 10.2 Å². The van der Waals surface area contributed by atoms with Crippen molar-refractivity contribution in [2.75, 3.05) is 13.6 Å². The Kier molecular flexibility index (Phi) is 4.35. The van der Waals surface area contributed by atoms with E-state index in [9.17, 15) is 4.39 Å². The van der Waals surface area contributed by atoms with Gasteiger partial charge in [-0.1, -0.05) is 12.1 Å². The summed E-state index contributed by atoms with van der Waals surface area (Å²) in [7, 11) is 1.96. The van der Waals surface area contributed by atoms with Crippen molar-refractivity contribution in [3.05, 3.63) is 59.3 Å². The zero-order valence-corrected chi connectivity index (χ0v) is 11.3. The van der Waals surface area contributed by atoms with Crippen LogP contribution in [0.25, 0.3) is 0 Å². The lowest BCUT2D eigenvalue weighted by molar-refractivity contribution is 0.222. The van der Waals surface area contributed by atoms with Gasteiger partial charge in [-0.2, -0.15) is 0 Å². The number of halogens is 1. The van der Waals surface area contributed by atoms with Crippen LogP contribution >= 0.6 is 0 Å².